The Bertz CT molecular complexity index is 663. The van der Waals surface area contributed by atoms with Crippen LogP contribution in [-0.2, 0) is 0 Å². The number of carbonyl (C=O) groups excluding carboxylic acids is 1. The second-order valence-electron chi connectivity index (χ2n) is 4.43. The van der Waals surface area contributed by atoms with Crippen molar-refractivity contribution in [3.63, 3.8) is 0 Å². The number of nitrogens with two attached hydrogens (primary N) is 1. The van der Waals surface area contributed by atoms with Crippen LogP contribution in [0.4, 0.5) is 5.69 Å². The number of hydrogen-bond acceptors (Lipinski definition) is 4. The molecule has 1 amide bonds. The van der Waals surface area contributed by atoms with Crippen molar-refractivity contribution in [3.8, 4) is 0 Å². The fourth-order valence-corrected chi connectivity index (χ4v) is 2.48. The highest BCUT2D eigenvalue weighted by atomic mass is 35.5. The molecule has 2 aromatic rings. The standard InChI is InChI=1S/C14H14Cl2N4O/c1-8(10-3-2-9(15)6-12(10)16)19-14(21)11-4-5-18-7-13(11)20-17/h2-8,20H,17H2,1H3,(H,19,21). The predicted molar refractivity (Wildman–Crippen MR) is 84.4 cm³/mol. The summed E-state index contributed by atoms with van der Waals surface area (Å²) in [5, 5.41) is 3.91. The summed E-state index contributed by atoms with van der Waals surface area (Å²) in [6.07, 6.45) is 3.00. The zero-order valence-electron chi connectivity index (χ0n) is 11.2. The van der Waals surface area contributed by atoms with E-state index >= 15 is 0 Å². The van der Waals surface area contributed by atoms with E-state index in [0.29, 0.717) is 21.3 Å². The average Bonchev–Trinajstić information content (AvgIpc) is 2.46. The van der Waals surface area contributed by atoms with Crippen LogP contribution in [-0.4, -0.2) is 10.9 Å². The molecule has 0 aliphatic heterocycles. The molecule has 0 aliphatic carbocycles. The lowest BCUT2D eigenvalue weighted by molar-refractivity contribution is 0.0940. The van der Waals surface area contributed by atoms with Gasteiger partial charge in [0.25, 0.3) is 5.91 Å². The van der Waals surface area contributed by atoms with E-state index in [0.717, 1.165) is 5.56 Å². The third-order valence-corrected chi connectivity index (χ3v) is 3.56. The molecule has 0 spiro atoms. The molecule has 2 rings (SSSR count). The van der Waals surface area contributed by atoms with Crippen LogP contribution in [0.2, 0.25) is 10.0 Å². The molecule has 0 radical (unpaired) electrons. The number of pyridine rings is 1. The first-order valence-corrected chi connectivity index (χ1v) is 6.95. The number of benzene rings is 1. The first-order valence-electron chi connectivity index (χ1n) is 6.19. The lowest BCUT2D eigenvalue weighted by atomic mass is 10.1. The molecule has 0 bridgehead atoms. The van der Waals surface area contributed by atoms with Gasteiger partial charge >= 0.3 is 0 Å². The summed E-state index contributed by atoms with van der Waals surface area (Å²) < 4.78 is 0. The number of amides is 1. The number of rotatable bonds is 4. The highest BCUT2D eigenvalue weighted by Gasteiger charge is 2.16. The number of aromatic nitrogens is 1. The minimum absolute atomic E-state index is 0.274. The molecule has 21 heavy (non-hydrogen) atoms. The quantitative estimate of drug-likeness (QED) is 0.596. The van der Waals surface area contributed by atoms with E-state index in [2.05, 4.69) is 15.7 Å². The summed E-state index contributed by atoms with van der Waals surface area (Å²) in [5.74, 6) is 5.09. The predicted octanol–water partition coefficient (Wildman–Crippen LogP) is 3.17. The summed E-state index contributed by atoms with van der Waals surface area (Å²) in [4.78, 5) is 16.2. The van der Waals surface area contributed by atoms with Crippen LogP contribution in [0.3, 0.4) is 0 Å². The molecule has 0 saturated carbocycles. The molecule has 1 aromatic carbocycles. The summed E-state index contributed by atoms with van der Waals surface area (Å²) >= 11 is 12.0. The van der Waals surface area contributed by atoms with Crippen LogP contribution in [0.5, 0.6) is 0 Å². The Hall–Kier alpha value is -1.82. The number of nitrogens with zero attached hydrogens (tertiary/aromatic N) is 1. The fraction of sp³-hybridized carbons (Fsp3) is 0.143. The first kappa shape index (κ1) is 15.6. The number of nitrogens with one attached hydrogen (secondary N) is 2. The third-order valence-electron chi connectivity index (χ3n) is 3.00. The minimum Gasteiger partial charge on any atom is -0.345 e. The molecule has 0 saturated heterocycles. The maximum absolute atomic E-state index is 12.3. The lowest BCUT2D eigenvalue weighted by Gasteiger charge is -2.17. The van der Waals surface area contributed by atoms with Crippen molar-refractivity contribution in [2.75, 3.05) is 5.43 Å². The van der Waals surface area contributed by atoms with Crippen LogP contribution in [0, 0.1) is 0 Å². The summed E-state index contributed by atoms with van der Waals surface area (Å²) in [6.45, 7) is 1.84. The zero-order chi connectivity index (χ0) is 15.4. The Balaban J connectivity index is 2.19. The van der Waals surface area contributed by atoms with Crippen molar-refractivity contribution in [1.29, 1.82) is 0 Å². The van der Waals surface area contributed by atoms with Crippen LogP contribution >= 0.6 is 23.2 Å². The van der Waals surface area contributed by atoms with Crippen molar-refractivity contribution >= 4 is 34.8 Å². The topological polar surface area (TPSA) is 80.0 Å². The van der Waals surface area contributed by atoms with Gasteiger partial charge in [0.05, 0.1) is 23.5 Å². The summed E-state index contributed by atoms with van der Waals surface area (Å²) in [5.41, 5.74) is 4.08. The van der Waals surface area contributed by atoms with Crippen LogP contribution in [0.25, 0.3) is 0 Å². The Morgan fingerprint density at radius 1 is 1.33 bits per heavy atom. The molecule has 4 N–H and O–H groups in total. The van der Waals surface area contributed by atoms with Gasteiger partial charge in [-0.25, -0.2) is 0 Å². The van der Waals surface area contributed by atoms with E-state index in [1.54, 1.807) is 24.3 Å². The molecule has 1 heterocycles. The van der Waals surface area contributed by atoms with E-state index in [4.69, 9.17) is 29.0 Å². The van der Waals surface area contributed by atoms with Gasteiger partial charge in [-0.15, -0.1) is 0 Å². The maximum atomic E-state index is 12.3. The summed E-state index contributed by atoms with van der Waals surface area (Å²) in [7, 11) is 0. The highest BCUT2D eigenvalue weighted by molar-refractivity contribution is 6.35. The number of halogens is 2. The van der Waals surface area contributed by atoms with Crippen molar-refractivity contribution in [2.45, 2.75) is 13.0 Å². The largest absolute Gasteiger partial charge is 0.345 e. The Morgan fingerprint density at radius 3 is 2.76 bits per heavy atom. The maximum Gasteiger partial charge on any atom is 0.254 e. The number of carbonyl (C=O) groups is 1. The lowest BCUT2D eigenvalue weighted by Crippen LogP contribution is -2.28. The van der Waals surface area contributed by atoms with E-state index in [1.807, 2.05) is 6.92 Å². The number of hydrogen-bond donors (Lipinski definition) is 3. The van der Waals surface area contributed by atoms with Crippen LogP contribution in [0.1, 0.15) is 28.9 Å². The van der Waals surface area contributed by atoms with Gasteiger partial charge < -0.3 is 10.7 Å². The van der Waals surface area contributed by atoms with E-state index in [9.17, 15) is 4.79 Å². The second-order valence-corrected chi connectivity index (χ2v) is 5.27. The first-order chi connectivity index (χ1) is 10.0. The molecule has 1 aromatic heterocycles. The van der Waals surface area contributed by atoms with Gasteiger partial charge in [-0.05, 0) is 30.7 Å². The molecule has 7 heteroatoms. The molecule has 1 unspecified atom stereocenters. The molecule has 1 atom stereocenters. The van der Waals surface area contributed by atoms with Gasteiger partial charge in [-0.2, -0.15) is 0 Å². The van der Waals surface area contributed by atoms with E-state index in [1.165, 1.54) is 12.4 Å². The highest BCUT2D eigenvalue weighted by Crippen LogP contribution is 2.26. The zero-order valence-corrected chi connectivity index (χ0v) is 12.7. The molecule has 5 nitrogen and oxygen atoms in total. The van der Waals surface area contributed by atoms with Gasteiger partial charge in [0, 0.05) is 16.2 Å². The molecule has 0 fully saturated rings. The second kappa shape index (κ2) is 6.76. The van der Waals surface area contributed by atoms with E-state index < -0.39 is 0 Å². The average molecular weight is 325 g/mol. The monoisotopic (exact) mass is 324 g/mol. The Labute approximate surface area is 132 Å². The fourth-order valence-electron chi connectivity index (χ4n) is 1.91. The number of anilines is 1. The van der Waals surface area contributed by atoms with Crippen molar-refractivity contribution < 1.29 is 4.79 Å². The van der Waals surface area contributed by atoms with E-state index in [-0.39, 0.29) is 11.9 Å². The van der Waals surface area contributed by atoms with Crippen molar-refractivity contribution in [1.82, 2.24) is 10.3 Å². The number of hydrazine groups is 1. The van der Waals surface area contributed by atoms with Crippen LogP contribution in [0.15, 0.2) is 36.7 Å². The molecule has 110 valence electrons. The summed E-state index contributed by atoms with van der Waals surface area (Å²) in [6, 6.07) is 6.46. The molecular weight excluding hydrogens is 311 g/mol. The normalized spacial score (nSPS) is 11.8. The molecule has 0 aliphatic rings. The van der Waals surface area contributed by atoms with Gasteiger partial charge in [0.15, 0.2) is 0 Å². The van der Waals surface area contributed by atoms with Gasteiger partial charge in [0.2, 0.25) is 0 Å². The Morgan fingerprint density at radius 2 is 2.10 bits per heavy atom. The smallest absolute Gasteiger partial charge is 0.254 e. The number of nitrogen functional groups attached to an aromatic ring is 1. The van der Waals surface area contributed by atoms with Crippen LogP contribution < -0.4 is 16.6 Å². The van der Waals surface area contributed by atoms with Gasteiger partial charge in [0.1, 0.15) is 0 Å². The minimum atomic E-state index is -0.277. The SMILES string of the molecule is CC(NC(=O)c1ccncc1NN)c1ccc(Cl)cc1Cl. The molecular formula is C14H14Cl2N4O. The third kappa shape index (κ3) is 3.64. The van der Waals surface area contributed by atoms with Gasteiger partial charge in [-0.1, -0.05) is 29.3 Å². The Kier molecular flexibility index (Phi) is 5.01. The van der Waals surface area contributed by atoms with Crippen molar-refractivity contribution in [3.05, 3.63) is 57.8 Å². The van der Waals surface area contributed by atoms with Crippen molar-refractivity contribution in [2.24, 2.45) is 5.84 Å². The van der Waals surface area contributed by atoms with Gasteiger partial charge in [-0.3, -0.25) is 15.6 Å².